The first kappa shape index (κ1) is 17.3. The fraction of sp³-hybridized carbons (Fsp3) is 0.688. The molecule has 0 spiro atoms. The molecule has 2 fully saturated rings. The van der Waals surface area contributed by atoms with Crippen LogP contribution in [0.1, 0.15) is 32.6 Å². The van der Waals surface area contributed by atoms with E-state index in [4.69, 9.17) is 11.6 Å². The summed E-state index contributed by atoms with van der Waals surface area (Å²) in [5.74, 6) is -2.76. The van der Waals surface area contributed by atoms with Gasteiger partial charge in [-0.25, -0.2) is 13.8 Å². The molecule has 1 saturated heterocycles. The molecule has 24 heavy (non-hydrogen) atoms. The van der Waals surface area contributed by atoms with Crippen LogP contribution in [0.15, 0.2) is 12.4 Å². The molecule has 0 aromatic carbocycles. The second kappa shape index (κ2) is 6.43. The highest BCUT2D eigenvalue weighted by molar-refractivity contribution is 6.29. The van der Waals surface area contributed by atoms with E-state index in [1.54, 1.807) is 6.20 Å². The predicted octanol–water partition coefficient (Wildman–Crippen LogP) is 2.90. The van der Waals surface area contributed by atoms with Crippen molar-refractivity contribution in [3.05, 3.63) is 17.5 Å². The Kier molecular flexibility index (Phi) is 4.64. The third-order valence-electron chi connectivity index (χ3n) is 4.85. The summed E-state index contributed by atoms with van der Waals surface area (Å²) in [6.07, 6.45) is 4.41. The number of carbonyl (C=O) groups excluding carboxylic acids is 1. The zero-order chi connectivity index (χ0) is 17.4. The molecule has 3 rings (SSSR count). The lowest BCUT2D eigenvalue weighted by Gasteiger charge is -2.41. The number of anilines is 1. The van der Waals surface area contributed by atoms with Crippen molar-refractivity contribution in [2.45, 2.75) is 38.5 Å². The van der Waals surface area contributed by atoms with Crippen molar-refractivity contribution in [3.8, 4) is 0 Å². The molecule has 132 valence electrons. The van der Waals surface area contributed by atoms with Crippen LogP contribution in [-0.4, -0.2) is 41.4 Å². The molecule has 1 atom stereocenters. The summed E-state index contributed by atoms with van der Waals surface area (Å²) in [5.41, 5.74) is -0.135. The van der Waals surface area contributed by atoms with E-state index < -0.39 is 11.8 Å². The minimum atomic E-state index is -2.67. The van der Waals surface area contributed by atoms with Gasteiger partial charge in [-0.2, -0.15) is 0 Å². The maximum Gasteiger partial charge on any atom is 0.249 e. The predicted molar refractivity (Wildman–Crippen MR) is 87.3 cm³/mol. The first-order chi connectivity index (χ1) is 11.3. The molecule has 2 aliphatic rings. The summed E-state index contributed by atoms with van der Waals surface area (Å²) < 4.78 is 25.8. The Balaban J connectivity index is 1.56. The van der Waals surface area contributed by atoms with Gasteiger partial charge in [0.2, 0.25) is 11.8 Å². The van der Waals surface area contributed by atoms with E-state index in [-0.39, 0.29) is 24.2 Å². The number of alkyl halides is 2. The van der Waals surface area contributed by atoms with Gasteiger partial charge in [-0.1, -0.05) is 18.5 Å². The van der Waals surface area contributed by atoms with Crippen LogP contribution in [0.2, 0.25) is 5.15 Å². The maximum absolute atomic E-state index is 12.9. The molecule has 1 aromatic heterocycles. The topological polar surface area (TPSA) is 58.1 Å². The van der Waals surface area contributed by atoms with Crippen molar-refractivity contribution in [3.63, 3.8) is 0 Å². The second-order valence-electron chi connectivity index (χ2n) is 7.21. The second-order valence-corrected chi connectivity index (χ2v) is 7.60. The van der Waals surface area contributed by atoms with E-state index in [0.29, 0.717) is 18.2 Å². The van der Waals surface area contributed by atoms with E-state index in [2.05, 4.69) is 27.1 Å². The van der Waals surface area contributed by atoms with Crippen molar-refractivity contribution in [1.29, 1.82) is 0 Å². The van der Waals surface area contributed by atoms with Gasteiger partial charge in [0.25, 0.3) is 0 Å². The van der Waals surface area contributed by atoms with Crippen LogP contribution >= 0.6 is 11.6 Å². The average Bonchev–Trinajstić information content (AvgIpc) is 2.50. The molecular formula is C16H21ClF2N4O. The number of halogens is 3. The molecule has 1 saturated carbocycles. The van der Waals surface area contributed by atoms with Crippen LogP contribution in [0.5, 0.6) is 0 Å². The molecule has 1 aliphatic carbocycles. The maximum atomic E-state index is 12.9. The van der Waals surface area contributed by atoms with Crippen molar-refractivity contribution >= 4 is 23.3 Å². The van der Waals surface area contributed by atoms with E-state index in [1.807, 2.05) is 0 Å². The van der Waals surface area contributed by atoms with Gasteiger partial charge in [-0.15, -0.1) is 0 Å². The van der Waals surface area contributed by atoms with Gasteiger partial charge in [0, 0.05) is 43.8 Å². The van der Waals surface area contributed by atoms with Gasteiger partial charge < -0.3 is 10.2 Å². The quantitative estimate of drug-likeness (QED) is 0.899. The summed E-state index contributed by atoms with van der Waals surface area (Å²) in [5, 5.41) is 3.20. The number of rotatable bonds is 4. The zero-order valence-electron chi connectivity index (χ0n) is 13.6. The van der Waals surface area contributed by atoms with E-state index in [0.717, 1.165) is 25.2 Å². The molecule has 1 aliphatic heterocycles. The van der Waals surface area contributed by atoms with Crippen LogP contribution in [0.4, 0.5) is 14.6 Å². The number of piperidine rings is 1. The first-order valence-corrected chi connectivity index (χ1v) is 8.52. The highest BCUT2D eigenvalue weighted by Gasteiger charge is 2.48. The largest absolute Gasteiger partial charge is 0.355 e. The number of nitrogens with zero attached hydrogens (tertiary/aromatic N) is 3. The molecule has 1 unspecified atom stereocenters. The Morgan fingerprint density at radius 1 is 1.46 bits per heavy atom. The highest BCUT2D eigenvalue weighted by Crippen LogP contribution is 2.42. The Morgan fingerprint density at radius 3 is 2.88 bits per heavy atom. The number of nitrogens with one attached hydrogen (secondary N) is 1. The molecule has 1 aromatic rings. The van der Waals surface area contributed by atoms with Crippen LogP contribution < -0.4 is 10.2 Å². The molecular weight excluding hydrogens is 338 g/mol. The Bertz CT molecular complexity index is 622. The summed E-state index contributed by atoms with van der Waals surface area (Å²) in [6.45, 7) is 4.13. The van der Waals surface area contributed by atoms with E-state index >= 15 is 0 Å². The van der Waals surface area contributed by atoms with Gasteiger partial charge in [-0.05, 0) is 12.8 Å². The zero-order valence-corrected chi connectivity index (χ0v) is 14.3. The van der Waals surface area contributed by atoms with Crippen molar-refractivity contribution < 1.29 is 13.6 Å². The lowest BCUT2D eigenvalue weighted by Crippen LogP contribution is -2.51. The minimum Gasteiger partial charge on any atom is -0.355 e. The SMILES string of the molecule is CC1(CNC(=O)C2CC(F)(F)C2)CCCN(c2cncc(Cl)n2)C1. The Morgan fingerprint density at radius 2 is 2.21 bits per heavy atom. The molecule has 0 radical (unpaired) electrons. The lowest BCUT2D eigenvalue weighted by molar-refractivity contribution is -0.150. The van der Waals surface area contributed by atoms with Crippen LogP contribution in [0.25, 0.3) is 0 Å². The van der Waals surface area contributed by atoms with Gasteiger partial charge >= 0.3 is 0 Å². The van der Waals surface area contributed by atoms with Crippen LogP contribution in [0.3, 0.4) is 0 Å². The molecule has 5 nitrogen and oxygen atoms in total. The molecule has 1 N–H and O–H groups in total. The van der Waals surface area contributed by atoms with Gasteiger partial charge in [0.05, 0.1) is 12.4 Å². The van der Waals surface area contributed by atoms with Gasteiger partial charge in [0.15, 0.2) is 0 Å². The van der Waals surface area contributed by atoms with Crippen LogP contribution in [0, 0.1) is 11.3 Å². The van der Waals surface area contributed by atoms with Gasteiger partial charge in [-0.3, -0.25) is 9.78 Å². The third kappa shape index (κ3) is 3.94. The number of hydrogen-bond donors (Lipinski definition) is 1. The van der Waals surface area contributed by atoms with Gasteiger partial charge in [0.1, 0.15) is 11.0 Å². The smallest absolute Gasteiger partial charge is 0.249 e. The molecule has 8 heteroatoms. The van der Waals surface area contributed by atoms with Crippen molar-refractivity contribution in [1.82, 2.24) is 15.3 Å². The highest BCUT2D eigenvalue weighted by atomic mass is 35.5. The summed E-state index contributed by atoms with van der Waals surface area (Å²) >= 11 is 5.90. The Hall–Kier alpha value is -1.50. The van der Waals surface area contributed by atoms with Crippen LogP contribution in [-0.2, 0) is 4.79 Å². The summed E-state index contributed by atoms with van der Waals surface area (Å²) in [6, 6.07) is 0. The monoisotopic (exact) mass is 358 g/mol. The third-order valence-corrected chi connectivity index (χ3v) is 5.03. The number of aromatic nitrogens is 2. The average molecular weight is 359 g/mol. The van der Waals surface area contributed by atoms with E-state index in [9.17, 15) is 13.6 Å². The minimum absolute atomic E-state index is 0.135. The van der Waals surface area contributed by atoms with Crippen molar-refractivity contribution in [2.75, 3.05) is 24.5 Å². The normalized spacial score (nSPS) is 26.8. The standard InChI is InChI=1S/C16H21ClF2N4O/c1-15(9-21-14(24)11-5-16(18,19)6-11)3-2-4-23(10-15)13-8-20-7-12(17)22-13/h7-8,11H,2-6,9-10H2,1H3,(H,21,24). The lowest BCUT2D eigenvalue weighted by atomic mass is 9.79. The summed E-state index contributed by atoms with van der Waals surface area (Å²) in [4.78, 5) is 22.4. The first-order valence-electron chi connectivity index (χ1n) is 8.14. The fourth-order valence-corrected chi connectivity index (χ4v) is 3.57. The summed E-state index contributed by atoms with van der Waals surface area (Å²) in [7, 11) is 0. The van der Waals surface area contributed by atoms with Crippen molar-refractivity contribution in [2.24, 2.45) is 11.3 Å². The molecule has 2 heterocycles. The number of hydrogen-bond acceptors (Lipinski definition) is 4. The number of carbonyl (C=O) groups is 1. The Labute approximate surface area is 144 Å². The number of amides is 1. The van der Waals surface area contributed by atoms with E-state index in [1.165, 1.54) is 6.20 Å². The fourth-order valence-electron chi connectivity index (χ4n) is 3.43. The molecule has 0 bridgehead atoms. The molecule has 1 amide bonds.